The number of primary amides is 1. The second-order valence-corrected chi connectivity index (χ2v) is 8.85. The Hall–Kier alpha value is -3.56. The molecule has 0 aromatic heterocycles. The van der Waals surface area contributed by atoms with Gasteiger partial charge in [0.15, 0.2) is 6.61 Å². The van der Waals surface area contributed by atoms with Gasteiger partial charge in [0.1, 0.15) is 5.75 Å². The summed E-state index contributed by atoms with van der Waals surface area (Å²) in [7, 11) is -3.95. The summed E-state index contributed by atoms with van der Waals surface area (Å²) in [6.45, 7) is 1.33. The highest BCUT2D eigenvalue weighted by molar-refractivity contribution is 7.92. The lowest BCUT2D eigenvalue weighted by molar-refractivity contribution is -0.118. The molecule has 0 fully saturated rings. The summed E-state index contributed by atoms with van der Waals surface area (Å²) in [6.07, 6.45) is 0. The molecule has 10 heteroatoms. The number of benzene rings is 3. The quantitative estimate of drug-likeness (QED) is 0.460. The van der Waals surface area contributed by atoms with E-state index in [9.17, 15) is 18.0 Å². The van der Waals surface area contributed by atoms with E-state index in [0.717, 1.165) is 0 Å². The Bertz CT molecular complexity index is 1260. The lowest BCUT2D eigenvalue weighted by atomic mass is 10.2. The van der Waals surface area contributed by atoms with Gasteiger partial charge in [-0.15, -0.1) is 0 Å². The summed E-state index contributed by atoms with van der Waals surface area (Å²) in [5.74, 6) is -0.681. The van der Waals surface area contributed by atoms with Gasteiger partial charge in [0.05, 0.1) is 15.6 Å². The first-order valence-electron chi connectivity index (χ1n) is 9.36. The highest BCUT2D eigenvalue weighted by Crippen LogP contribution is 2.27. The number of carbonyl (C=O) groups is 2. The minimum atomic E-state index is -3.95. The Labute approximate surface area is 190 Å². The topological polar surface area (TPSA) is 128 Å². The molecule has 0 aliphatic heterocycles. The summed E-state index contributed by atoms with van der Waals surface area (Å²) in [5.41, 5.74) is 6.53. The van der Waals surface area contributed by atoms with Crippen LogP contribution >= 0.6 is 11.6 Å². The fraction of sp³-hybridized carbons (Fsp3) is 0.0909. The zero-order valence-corrected chi connectivity index (χ0v) is 18.5. The number of aryl methyl sites for hydroxylation is 1. The van der Waals surface area contributed by atoms with Crippen molar-refractivity contribution in [3.05, 3.63) is 82.9 Å². The Morgan fingerprint density at radius 2 is 1.72 bits per heavy atom. The van der Waals surface area contributed by atoms with Gasteiger partial charge in [-0.2, -0.15) is 0 Å². The van der Waals surface area contributed by atoms with E-state index in [0.29, 0.717) is 16.9 Å². The second-order valence-electron chi connectivity index (χ2n) is 6.79. The molecule has 2 amide bonds. The molecule has 0 saturated heterocycles. The highest BCUT2D eigenvalue weighted by Gasteiger charge is 2.19. The number of nitrogens with two attached hydrogens (primary N) is 1. The van der Waals surface area contributed by atoms with Crippen molar-refractivity contribution >= 4 is 44.8 Å². The van der Waals surface area contributed by atoms with Crippen LogP contribution in [0.15, 0.2) is 71.6 Å². The van der Waals surface area contributed by atoms with Gasteiger partial charge >= 0.3 is 0 Å². The maximum Gasteiger partial charge on any atom is 0.262 e. The second kappa shape index (κ2) is 9.71. The highest BCUT2D eigenvalue weighted by atomic mass is 35.5. The average Bonchev–Trinajstić information content (AvgIpc) is 2.75. The molecule has 3 aromatic rings. The maximum atomic E-state index is 12.9. The molecule has 0 saturated carbocycles. The number of hydrogen-bond donors (Lipinski definition) is 3. The molecule has 0 heterocycles. The lowest BCUT2D eigenvalue weighted by Gasteiger charge is -2.13. The van der Waals surface area contributed by atoms with Crippen LogP contribution in [0.25, 0.3) is 0 Å². The molecule has 3 rings (SSSR count). The smallest absolute Gasteiger partial charge is 0.262 e. The van der Waals surface area contributed by atoms with Crippen molar-refractivity contribution in [2.75, 3.05) is 16.6 Å². The molecule has 0 radical (unpaired) electrons. The van der Waals surface area contributed by atoms with E-state index in [2.05, 4.69) is 10.0 Å². The predicted molar refractivity (Wildman–Crippen MR) is 123 cm³/mol. The summed E-state index contributed by atoms with van der Waals surface area (Å²) in [4.78, 5) is 23.3. The van der Waals surface area contributed by atoms with Crippen molar-refractivity contribution in [3.8, 4) is 5.75 Å². The number of halogens is 1. The number of hydrogen-bond acceptors (Lipinski definition) is 5. The fourth-order valence-corrected chi connectivity index (χ4v) is 4.36. The van der Waals surface area contributed by atoms with E-state index in [-0.39, 0.29) is 27.9 Å². The van der Waals surface area contributed by atoms with Crippen LogP contribution in [0.3, 0.4) is 0 Å². The predicted octanol–water partition coefficient (Wildman–Crippen LogP) is 3.57. The van der Waals surface area contributed by atoms with Gasteiger partial charge in [-0.3, -0.25) is 14.3 Å². The standard InChI is InChI=1S/C22H20ClN3O5S/c1-14-6-9-16(12-20(14)32(29,30)26-19-5-3-2-4-18(19)23)25-21(27)13-31-17-10-7-15(8-11-17)22(24)28/h2-12,26H,13H2,1H3,(H2,24,28)(H,25,27). The van der Waals surface area contributed by atoms with Gasteiger partial charge in [0, 0.05) is 11.3 Å². The number of amides is 2. The summed E-state index contributed by atoms with van der Waals surface area (Å²) >= 11 is 6.05. The molecule has 8 nitrogen and oxygen atoms in total. The van der Waals surface area contributed by atoms with Crippen molar-refractivity contribution < 1.29 is 22.7 Å². The van der Waals surface area contributed by atoms with Crippen molar-refractivity contribution in [2.24, 2.45) is 5.73 Å². The molecule has 166 valence electrons. The van der Waals surface area contributed by atoms with Gasteiger partial charge in [0.25, 0.3) is 15.9 Å². The molecule has 0 aliphatic carbocycles. The number of carbonyl (C=O) groups excluding carboxylic acids is 2. The molecule has 4 N–H and O–H groups in total. The van der Waals surface area contributed by atoms with Crippen molar-refractivity contribution in [1.29, 1.82) is 0 Å². The SMILES string of the molecule is Cc1ccc(NC(=O)COc2ccc(C(N)=O)cc2)cc1S(=O)(=O)Nc1ccccc1Cl. The van der Waals surface area contributed by atoms with Crippen molar-refractivity contribution in [3.63, 3.8) is 0 Å². The first kappa shape index (κ1) is 23.1. The van der Waals surface area contributed by atoms with E-state index in [1.165, 1.54) is 30.3 Å². The van der Waals surface area contributed by atoms with E-state index in [1.54, 1.807) is 43.3 Å². The number of nitrogens with one attached hydrogen (secondary N) is 2. The third kappa shape index (κ3) is 5.77. The minimum absolute atomic E-state index is 0.00169. The van der Waals surface area contributed by atoms with Gasteiger partial charge < -0.3 is 15.8 Å². The third-order valence-corrected chi connectivity index (χ3v) is 6.23. The zero-order valence-electron chi connectivity index (χ0n) is 17.0. The molecule has 0 bridgehead atoms. The van der Waals surface area contributed by atoms with Crippen molar-refractivity contribution in [1.82, 2.24) is 0 Å². The van der Waals surface area contributed by atoms with Crippen LogP contribution in [0.1, 0.15) is 15.9 Å². The molecule has 0 spiro atoms. The minimum Gasteiger partial charge on any atom is -0.484 e. The largest absolute Gasteiger partial charge is 0.484 e. The van der Waals surface area contributed by atoms with E-state index in [1.807, 2.05) is 0 Å². The van der Waals surface area contributed by atoms with Gasteiger partial charge in [-0.25, -0.2) is 8.42 Å². The van der Waals surface area contributed by atoms with Crippen LogP contribution in [-0.2, 0) is 14.8 Å². The van der Waals surface area contributed by atoms with Gasteiger partial charge in [0.2, 0.25) is 5.91 Å². The summed E-state index contributed by atoms with van der Waals surface area (Å²) in [6, 6.07) is 17.0. The molecule has 3 aromatic carbocycles. The maximum absolute atomic E-state index is 12.9. The Balaban J connectivity index is 1.69. The van der Waals surface area contributed by atoms with Crippen LogP contribution in [0, 0.1) is 6.92 Å². The van der Waals surface area contributed by atoms with Crippen LogP contribution in [-0.4, -0.2) is 26.8 Å². The average molecular weight is 474 g/mol. The number of para-hydroxylation sites is 1. The Morgan fingerprint density at radius 3 is 2.38 bits per heavy atom. The molecular formula is C22H20ClN3O5S. The van der Waals surface area contributed by atoms with Gasteiger partial charge in [-0.05, 0) is 61.0 Å². The number of sulfonamides is 1. The van der Waals surface area contributed by atoms with Crippen LogP contribution < -0.4 is 20.5 Å². The van der Waals surface area contributed by atoms with E-state index >= 15 is 0 Å². The van der Waals surface area contributed by atoms with Gasteiger partial charge in [-0.1, -0.05) is 29.8 Å². The first-order chi connectivity index (χ1) is 15.2. The number of anilines is 2. The lowest BCUT2D eigenvalue weighted by Crippen LogP contribution is -2.21. The number of rotatable bonds is 8. The van der Waals surface area contributed by atoms with Crippen LogP contribution in [0.4, 0.5) is 11.4 Å². The zero-order chi connectivity index (χ0) is 23.3. The monoisotopic (exact) mass is 473 g/mol. The van der Waals surface area contributed by atoms with Crippen LogP contribution in [0.5, 0.6) is 5.75 Å². The van der Waals surface area contributed by atoms with Crippen LogP contribution in [0.2, 0.25) is 5.02 Å². The number of ether oxygens (including phenoxy) is 1. The summed E-state index contributed by atoms with van der Waals surface area (Å²) in [5, 5.41) is 2.86. The summed E-state index contributed by atoms with van der Waals surface area (Å²) < 4.78 is 33.5. The molecular weight excluding hydrogens is 454 g/mol. The van der Waals surface area contributed by atoms with Crippen molar-refractivity contribution in [2.45, 2.75) is 11.8 Å². The molecule has 0 aliphatic rings. The Morgan fingerprint density at radius 1 is 1.03 bits per heavy atom. The third-order valence-electron chi connectivity index (χ3n) is 4.39. The fourth-order valence-electron chi connectivity index (χ4n) is 2.77. The first-order valence-corrected chi connectivity index (χ1v) is 11.2. The Kier molecular flexibility index (Phi) is 7.01. The normalized spacial score (nSPS) is 10.9. The molecule has 32 heavy (non-hydrogen) atoms. The van der Waals surface area contributed by atoms with E-state index in [4.69, 9.17) is 22.1 Å². The molecule has 0 atom stereocenters. The molecule has 0 unspecified atom stereocenters. The van der Waals surface area contributed by atoms with E-state index < -0.39 is 21.8 Å².